The van der Waals surface area contributed by atoms with Gasteiger partial charge in [0.2, 0.25) is 0 Å². The lowest BCUT2D eigenvalue weighted by molar-refractivity contribution is -0.892. The molecule has 3 rings (SSSR count). The van der Waals surface area contributed by atoms with Crippen molar-refractivity contribution >= 4 is 40.5 Å². The van der Waals surface area contributed by atoms with E-state index in [-0.39, 0.29) is 5.91 Å². The molecule has 0 saturated carbocycles. The molecule has 2 aromatic rings. The first-order valence-electron chi connectivity index (χ1n) is 8.41. The van der Waals surface area contributed by atoms with Gasteiger partial charge >= 0.3 is 0 Å². The molecule has 1 aliphatic rings. The highest BCUT2D eigenvalue weighted by atomic mass is 35.5. The second-order valence-electron chi connectivity index (χ2n) is 6.40. The van der Waals surface area contributed by atoms with E-state index in [2.05, 4.69) is 16.3 Å². The van der Waals surface area contributed by atoms with Crippen molar-refractivity contribution < 1.29 is 9.69 Å². The summed E-state index contributed by atoms with van der Waals surface area (Å²) >= 11 is 12.1. The summed E-state index contributed by atoms with van der Waals surface area (Å²) in [5, 5.41) is 4.35. The number of rotatable bonds is 4. The van der Waals surface area contributed by atoms with Gasteiger partial charge in [0.1, 0.15) is 0 Å². The van der Waals surface area contributed by atoms with Crippen molar-refractivity contribution in [1.29, 1.82) is 0 Å². The van der Waals surface area contributed by atoms with Gasteiger partial charge in [-0.05, 0) is 42.8 Å². The van der Waals surface area contributed by atoms with Crippen LogP contribution < -0.4 is 15.1 Å². The highest BCUT2D eigenvalue weighted by molar-refractivity contribution is 6.31. The Balaban J connectivity index is 1.52. The third-order valence-corrected chi connectivity index (χ3v) is 5.00. The van der Waals surface area contributed by atoms with Crippen LogP contribution in [0.2, 0.25) is 10.0 Å². The van der Waals surface area contributed by atoms with Crippen LogP contribution in [0.4, 0.5) is 11.4 Å². The molecule has 0 radical (unpaired) electrons. The maximum absolute atomic E-state index is 12.3. The summed E-state index contributed by atoms with van der Waals surface area (Å²) < 4.78 is 0. The fourth-order valence-corrected chi connectivity index (χ4v) is 3.44. The summed E-state index contributed by atoms with van der Waals surface area (Å²) in [7, 11) is 0. The molecule has 0 aliphatic carbocycles. The molecule has 0 unspecified atom stereocenters. The van der Waals surface area contributed by atoms with Gasteiger partial charge in [0.05, 0.1) is 26.2 Å². The number of carbonyl (C=O) groups is 1. The standard InChI is InChI=1S/C19H21Cl2N3O/c1-14-5-6-16(21)12-18(14)22-19(25)13-23-7-9-24(10-8-23)17-4-2-3-15(20)11-17/h2-6,11-12H,7-10,13H2,1H3,(H,22,25)/p+1. The Hall–Kier alpha value is -1.75. The number of hydrogen-bond acceptors (Lipinski definition) is 2. The largest absolute Gasteiger partial charge is 0.360 e. The van der Waals surface area contributed by atoms with E-state index in [0.717, 1.165) is 48.1 Å². The van der Waals surface area contributed by atoms with Gasteiger partial charge in [0.15, 0.2) is 6.54 Å². The van der Waals surface area contributed by atoms with Gasteiger partial charge in [-0.15, -0.1) is 0 Å². The molecule has 1 fully saturated rings. The zero-order chi connectivity index (χ0) is 17.8. The minimum absolute atomic E-state index is 0.0246. The Labute approximate surface area is 158 Å². The second-order valence-corrected chi connectivity index (χ2v) is 7.27. The van der Waals surface area contributed by atoms with E-state index < -0.39 is 0 Å². The Morgan fingerprint density at radius 3 is 2.56 bits per heavy atom. The molecule has 2 aromatic carbocycles. The maximum atomic E-state index is 12.3. The van der Waals surface area contributed by atoms with Crippen LogP contribution in [0.1, 0.15) is 5.56 Å². The molecule has 132 valence electrons. The molecule has 25 heavy (non-hydrogen) atoms. The van der Waals surface area contributed by atoms with Crippen molar-refractivity contribution in [2.75, 3.05) is 42.9 Å². The number of nitrogens with zero attached hydrogens (tertiary/aromatic N) is 1. The van der Waals surface area contributed by atoms with E-state index in [4.69, 9.17) is 23.2 Å². The molecule has 1 heterocycles. The molecule has 6 heteroatoms. The van der Waals surface area contributed by atoms with Crippen LogP contribution >= 0.6 is 23.2 Å². The molecule has 1 amide bonds. The highest BCUT2D eigenvalue weighted by Crippen LogP contribution is 2.20. The van der Waals surface area contributed by atoms with Crippen LogP contribution in [0.15, 0.2) is 42.5 Å². The number of aryl methyl sites for hydroxylation is 1. The minimum Gasteiger partial charge on any atom is -0.360 e. The second kappa shape index (κ2) is 8.09. The molecule has 1 aliphatic heterocycles. The molecular formula is C19H22Cl2N3O+. The Bertz CT molecular complexity index is 758. The summed E-state index contributed by atoms with van der Waals surface area (Å²) in [6, 6.07) is 13.4. The van der Waals surface area contributed by atoms with E-state index in [9.17, 15) is 4.79 Å². The maximum Gasteiger partial charge on any atom is 0.279 e. The number of piperazine rings is 1. The molecule has 0 spiro atoms. The van der Waals surface area contributed by atoms with Crippen LogP contribution in [-0.2, 0) is 4.79 Å². The molecule has 1 saturated heterocycles. The van der Waals surface area contributed by atoms with Gasteiger partial charge in [0, 0.05) is 21.4 Å². The lowest BCUT2D eigenvalue weighted by atomic mass is 10.2. The predicted octanol–water partition coefficient (Wildman–Crippen LogP) is 2.65. The predicted molar refractivity (Wildman–Crippen MR) is 104 cm³/mol. The lowest BCUT2D eigenvalue weighted by Crippen LogP contribution is -3.15. The van der Waals surface area contributed by atoms with Crippen molar-refractivity contribution in [2.24, 2.45) is 0 Å². The van der Waals surface area contributed by atoms with E-state index in [1.54, 1.807) is 6.07 Å². The van der Waals surface area contributed by atoms with Gasteiger partial charge in [-0.3, -0.25) is 4.79 Å². The number of nitrogens with one attached hydrogen (secondary N) is 2. The summed E-state index contributed by atoms with van der Waals surface area (Å²) in [6.07, 6.45) is 0. The molecule has 0 atom stereocenters. The molecule has 4 nitrogen and oxygen atoms in total. The Kier molecular flexibility index (Phi) is 5.84. The van der Waals surface area contributed by atoms with E-state index in [0.29, 0.717) is 11.6 Å². The van der Waals surface area contributed by atoms with Gasteiger partial charge in [-0.25, -0.2) is 0 Å². The summed E-state index contributed by atoms with van der Waals surface area (Å²) in [5.41, 5.74) is 2.94. The van der Waals surface area contributed by atoms with Gasteiger partial charge in [-0.2, -0.15) is 0 Å². The molecule has 2 N–H and O–H groups in total. The molecule has 0 aromatic heterocycles. The van der Waals surface area contributed by atoms with Crippen LogP contribution in [0.5, 0.6) is 0 Å². The van der Waals surface area contributed by atoms with Crippen molar-refractivity contribution in [3.8, 4) is 0 Å². The zero-order valence-electron chi connectivity index (χ0n) is 14.2. The Morgan fingerprint density at radius 1 is 1.12 bits per heavy atom. The summed E-state index contributed by atoms with van der Waals surface area (Å²) in [4.78, 5) is 15.9. The summed E-state index contributed by atoms with van der Waals surface area (Å²) in [6.45, 7) is 6.11. The number of quaternary nitrogens is 1. The molecule has 0 bridgehead atoms. The third-order valence-electron chi connectivity index (χ3n) is 4.53. The number of carbonyl (C=O) groups excluding carboxylic acids is 1. The number of benzene rings is 2. The first kappa shape index (κ1) is 18.1. The quantitative estimate of drug-likeness (QED) is 0.857. The van der Waals surface area contributed by atoms with Crippen LogP contribution in [0.3, 0.4) is 0 Å². The van der Waals surface area contributed by atoms with E-state index in [1.165, 1.54) is 4.90 Å². The summed E-state index contributed by atoms with van der Waals surface area (Å²) in [5.74, 6) is 0.0246. The van der Waals surface area contributed by atoms with Crippen molar-refractivity contribution in [3.05, 3.63) is 58.1 Å². The topological polar surface area (TPSA) is 36.8 Å². The van der Waals surface area contributed by atoms with Crippen molar-refractivity contribution in [1.82, 2.24) is 0 Å². The smallest absolute Gasteiger partial charge is 0.279 e. The SMILES string of the molecule is Cc1ccc(Cl)cc1NC(=O)C[NH+]1CCN(c2cccc(Cl)c2)CC1. The zero-order valence-corrected chi connectivity index (χ0v) is 15.7. The normalized spacial score (nSPS) is 15.2. The minimum atomic E-state index is 0.0246. The molecular weight excluding hydrogens is 357 g/mol. The number of halogens is 2. The van der Waals surface area contributed by atoms with Crippen molar-refractivity contribution in [3.63, 3.8) is 0 Å². The third kappa shape index (κ3) is 4.88. The van der Waals surface area contributed by atoms with Crippen molar-refractivity contribution in [2.45, 2.75) is 6.92 Å². The first-order valence-corrected chi connectivity index (χ1v) is 9.17. The Morgan fingerprint density at radius 2 is 1.84 bits per heavy atom. The number of anilines is 2. The lowest BCUT2D eigenvalue weighted by Gasteiger charge is -2.33. The van der Waals surface area contributed by atoms with Gasteiger partial charge < -0.3 is 15.1 Å². The van der Waals surface area contributed by atoms with Gasteiger partial charge in [-0.1, -0.05) is 35.3 Å². The van der Waals surface area contributed by atoms with Crippen LogP contribution in [-0.4, -0.2) is 38.6 Å². The van der Waals surface area contributed by atoms with E-state index in [1.807, 2.05) is 37.3 Å². The average molecular weight is 379 g/mol. The monoisotopic (exact) mass is 378 g/mol. The van der Waals surface area contributed by atoms with E-state index >= 15 is 0 Å². The number of amides is 1. The average Bonchev–Trinajstić information content (AvgIpc) is 2.59. The fourth-order valence-electron chi connectivity index (χ4n) is 3.08. The number of hydrogen-bond donors (Lipinski definition) is 2. The van der Waals surface area contributed by atoms with Crippen LogP contribution in [0, 0.1) is 6.92 Å². The first-order chi connectivity index (χ1) is 12.0. The van der Waals surface area contributed by atoms with Gasteiger partial charge in [0.25, 0.3) is 5.91 Å². The van der Waals surface area contributed by atoms with Crippen LogP contribution in [0.25, 0.3) is 0 Å². The highest BCUT2D eigenvalue weighted by Gasteiger charge is 2.22. The fraction of sp³-hybridized carbons (Fsp3) is 0.316.